The van der Waals surface area contributed by atoms with Crippen LogP contribution in [-0.4, -0.2) is 47.2 Å². The van der Waals surface area contributed by atoms with Gasteiger partial charge in [-0.05, 0) is 49.3 Å². The summed E-state index contributed by atoms with van der Waals surface area (Å²) in [5.41, 5.74) is 3.14. The van der Waals surface area contributed by atoms with Gasteiger partial charge in [-0.25, -0.2) is 0 Å². The fourth-order valence-corrected chi connectivity index (χ4v) is 3.57. The highest BCUT2D eigenvalue weighted by atomic mass is 79.9. The van der Waals surface area contributed by atoms with Crippen LogP contribution in [0.15, 0.2) is 67.0 Å². The van der Waals surface area contributed by atoms with Crippen LogP contribution in [0.3, 0.4) is 0 Å². The zero-order valence-electron chi connectivity index (χ0n) is 15.8. The number of aliphatic hydroxyl groups is 1. The molecule has 0 unspecified atom stereocenters. The Morgan fingerprint density at radius 2 is 1.90 bits per heavy atom. The molecule has 0 bridgehead atoms. The molecule has 1 aromatic heterocycles. The first kappa shape index (κ1) is 19.5. The molecule has 4 rings (SSSR count). The Morgan fingerprint density at radius 1 is 1.17 bits per heavy atom. The SMILES string of the molecule is CC1=C(C2=NC2)C(=O)N(CCCO)C(=O)/C1=C\c1ccc(-c2ccc(Br)cc2)o1. The second-order valence-electron chi connectivity index (χ2n) is 6.87. The summed E-state index contributed by atoms with van der Waals surface area (Å²) in [5, 5.41) is 9.12. The summed E-state index contributed by atoms with van der Waals surface area (Å²) in [6.45, 7) is 2.35. The molecule has 6 nitrogen and oxygen atoms in total. The maximum absolute atomic E-state index is 13.0. The van der Waals surface area contributed by atoms with Gasteiger partial charge >= 0.3 is 0 Å². The zero-order chi connectivity index (χ0) is 20.5. The van der Waals surface area contributed by atoms with Crippen molar-refractivity contribution in [1.29, 1.82) is 0 Å². The molecule has 148 valence electrons. The summed E-state index contributed by atoms with van der Waals surface area (Å²) in [7, 11) is 0. The van der Waals surface area contributed by atoms with Crippen LogP contribution in [-0.2, 0) is 9.59 Å². The van der Waals surface area contributed by atoms with Crippen LogP contribution in [0.5, 0.6) is 0 Å². The van der Waals surface area contributed by atoms with E-state index >= 15 is 0 Å². The highest BCUT2D eigenvalue weighted by Gasteiger charge is 2.38. The maximum atomic E-state index is 13.0. The number of furan rings is 1. The molecule has 2 aromatic rings. The number of carbonyl (C=O) groups excluding carboxylic acids is 2. The molecule has 7 heteroatoms. The van der Waals surface area contributed by atoms with Gasteiger partial charge in [0, 0.05) is 28.8 Å². The lowest BCUT2D eigenvalue weighted by Crippen LogP contribution is -2.44. The third-order valence-corrected chi connectivity index (χ3v) is 5.43. The number of amides is 2. The lowest BCUT2D eigenvalue weighted by atomic mass is 9.92. The number of carbonyl (C=O) groups is 2. The van der Waals surface area contributed by atoms with E-state index in [0.29, 0.717) is 41.2 Å². The highest BCUT2D eigenvalue weighted by Crippen LogP contribution is 2.32. The minimum atomic E-state index is -0.382. The summed E-state index contributed by atoms with van der Waals surface area (Å²) in [6.07, 6.45) is 2.00. The van der Waals surface area contributed by atoms with Gasteiger partial charge in [-0.1, -0.05) is 28.1 Å². The third kappa shape index (κ3) is 3.88. The monoisotopic (exact) mass is 454 g/mol. The molecular formula is C22H19BrN2O4. The first-order chi connectivity index (χ1) is 14.0. The van der Waals surface area contributed by atoms with Gasteiger partial charge in [-0.15, -0.1) is 0 Å². The Labute approximate surface area is 176 Å². The van der Waals surface area contributed by atoms with Crippen molar-refractivity contribution in [2.45, 2.75) is 13.3 Å². The number of nitrogens with zero attached hydrogens (tertiary/aromatic N) is 2. The Hall–Kier alpha value is -2.77. The average molecular weight is 455 g/mol. The molecule has 0 spiro atoms. The normalized spacial score (nSPS) is 18.0. The lowest BCUT2D eigenvalue weighted by Gasteiger charge is -2.28. The van der Waals surface area contributed by atoms with Gasteiger partial charge in [0.1, 0.15) is 11.5 Å². The summed E-state index contributed by atoms with van der Waals surface area (Å²) >= 11 is 3.41. The van der Waals surface area contributed by atoms with E-state index in [4.69, 9.17) is 9.52 Å². The molecular weight excluding hydrogens is 436 g/mol. The lowest BCUT2D eigenvalue weighted by molar-refractivity contribution is -0.140. The maximum Gasteiger partial charge on any atom is 0.262 e. The van der Waals surface area contributed by atoms with E-state index in [2.05, 4.69) is 20.9 Å². The molecule has 0 fully saturated rings. The Bertz CT molecular complexity index is 1080. The molecule has 1 aromatic carbocycles. The quantitative estimate of drug-likeness (QED) is 0.533. The minimum Gasteiger partial charge on any atom is -0.457 e. The van der Waals surface area contributed by atoms with Crippen LogP contribution in [0, 0.1) is 0 Å². The van der Waals surface area contributed by atoms with Crippen molar-refractivity contribution >= 4 is 39.5 Å². The van der Waals surface area contributed by atoms with Gasteiger partial charge in [0.25, 0.3) is 11.8 Å². The van der Waals surface area contributed by atoms with Crippen LogP contribution in [0.1, 0.15) is 19.1 Å². The van der Waals surface area contributed by atoms with E-state index in [-0.39, 0.29) is 25.0 Å². The Morgan fingerprint density at radius 3 is 2.55 bits per heavy atom. The second-order valence-corrected chi connectivity index (χ2v) is 7.78. The second kappa shape index (κ2) is 7.93. The van der Waals surface area contributed by atoms with Crippen molar-refractivity contribution in [3.63, 3.8) is 0 Å². The summed E-state index contributed by atoms with van der Waals surface area (Å²) in [5.74, 6) is 0.491. The van der Waals surface area contributed by atoms with Crippen LogP contribution < -0.4 is 0 Å². The molecule has 0 saturated carbocycles. The zero-order valence-corrected chi connectivity index (χ0v) is 17.4. The predicted octanol–water partition coefficient (Wildman–Crippen LogP) is 3.61. The van der Waals surface area contributed by atoms with E-state index in [1.54, 1.807) is 19.1 Å². The van der Waals surface area contributed by atoms with E-state index in [0.717, 1.165) is 15.7 Å². The number of hydrogen-bond donors (Lipinski definition) is 1. The first-order valence-corrected chi connectivity index (χ1v) is 10.1. The molecule has 2 aliphatic rings. The van der Waals surface area contributed by atoms with E-state index in [1.165, 1.54) is 4.90 Å². The Balaban J connectivity index is 1.71. The summed E-state index contributed by atoms with van der Waals surface area (Å²) in [4.78, 5) is 31.1. The van der Waals surface area contributed by atoms with E-state index < -0.39 is 0 Å². The van der Waals surface area contributed by atoms with E-state index in [9.17, 15) is 9.59 Å². The van der Waals surface area contributed by atoms with Crippen molar-refractivity contribution in [2.24, 2.45) is 4.99 Å². The molecule has 0 radical (unpaired) electrons. The summed E-state index contributed by atoms with van der Waals surface area (Å²) < 4.78 is 6.90. The Kier molecular flexibility index (Phi) is 5.34. The highest BCUT2D eigenvalue weighted by molar-refractivity contribution is 9.10. The first-order valence-electron chi connectivity index (χ1n) is 9.29. The minimum absolute atomic E-state index is 0.0934. The molecule has 2 amide bonds. The average Bonchev–Trinajstić information content (AvgIpc) is 3.43. The van der Waals surface area contributed by atoms with Crippen molar-refractivity contribution in [2.75, 3.05) is 19.7 Å². The van der Waals surface area contributed by atoms with Crippen LogP contribution in [0.2, 0.25) is 0 Å². The number of benzene rings is 1. The predicted molar refractivity (Wildman–Crippen MR) is 113 cm³/mol. The molecule has 29 heavy (non-hydrogen) atoms. The molecule has 1 N–H and O–H groups in total. The fraction of sp³-hybridized carbons (Fsp3) is 0.227. The molecule has 0 aliphatic carbocycles. The molecule has 2 aliphatic heterocycles. The molecule has 3 heterocycles. The van der Waals surface area contributed by atoms with Gasteiger partial charge < -0.3 is 9.52 Å². The fourth-order valence-electron chi connectivity index (χ4n) is 3.31. The smallest absolute Gasteiger partial charge is 0.262 e. The van der Waals surface area contributed by atoms with Gasteiger partial charge in [0.05, 0.1) is 17.8 Å². The van der Waals surface area contributed by atoms with Gasteiger partial charge in [-0.2, -0.15) is 0 Å². The van der Waals surface area contributed by atoms with Gasteiger partial charge in [0.2, 0.25) is 0 Å². The molecule has 0 saturated heterocycles. The van der Waals surface area contributed by atoms with Crippen molar-refractivity contribution in [3.8, 4) is 11.3 Å². The standard InChI is InChI=1S/C22H19BrN2O4/c1-13-17(11-16-7-8-19(29-16)14-3-5-15(23)6-4-14)21(27)25(9-2-10-26)22(28)20(13)18-12-24-18/h3-8,11,26H,2,9-10,12H2,1H3/b17-11-. The third-order valence-electron chi connectivity index (χ3n) is 4.90. The van der Waals surface area contributed by atoms with Crippen LogP contribution in [0.25, 0.3) is 17.4 Å². The summed E-state index contributed by atoms with van der Waals surface area (Å²) in [6, 6.07) is 11.4. The number of hydrogen-bond acceptors (Lipinski definition) is 5. The van der Waals surface area contributed by atoms with Crippen molar-refractivity contribution < 1.29 is 19.1 Å². The number of aliphatic hydroxyl groups excluding tert-OH is 1. The van der Waals surface area contributed by atoms with Gasteiger partial charge in [0.15, 0.2) is 0 Å². The largest absolute Gasteiger partial charge is 0.457 e. The molecule has 0 atom stereocenters. The van der Waals surface area contributed by atoms with Gasteiger partial charge in [-0.3, -0.25) is 19.5 Å². The number of imide groups is 1. The van der Waals surface area contributed by atoms with Crippen LogP contribution in [0.4, 0.5) is 0 Å². The van der Waals surface area contributed by atoms with E-state index in [1.807, 2.05) is 30.3 Å². The van der Waals surface area contributed by atoms with Crippen molar-refractivity contribution in [1.82, 2.24) is 4.90 Å². The topological polar surface area (TPSA) is 83.1 Å². The number of rotatable bonds is 6. The number of halogens is 1. The van der Waals surface area contributed by atoms with Crippen LogP contribution >= 0.6 is 15.9 Å². The number of aliphatic imine (C=N–C) groups is 1. The van der Waals surface area contributed by atoms with Crippen molar-refractivity contribution in [3.05, 3.63) is 63.4 Å².